The van der Waals surface area contributed by atoms with Crippen molar-refractivity contribution in [3.05, 3.63) is 0 Å². The molecule has 3 heteroatoms. The third-order valence-electron chi connectivity index (χ3n) is 2.82. The average molecular weight is 308 g/mol. The van der Waals surface area contributed by atoms with Gasteiger partial charge in [-0.05, 0) is 0 Å². The van der Waals surface area contributed by atoms with Crippen molar-refractivity contribution in [3.63, 3.8) is 0 Å². The summed E-state index contributed by atoms with van der Waals surface area (Å²) in [6.45, 7) is 9.36. The summed E-state index contributed by atoms with van der Waals surface area (Å²) < 4.78 is 8.09. The SMILES string of the molecule is C[CH](C)[Ge]([CH3])([O][Ge]([CH3])([CH3])[CH3])[CH](C)C. The Balaban J connectivity index is 4.62. The van der Waals surface area contributed by atoms with Gasteiger partial charge in [0.25, 0.3) is 0 Å². The molecule has 0 aliphatic carbocycles. The molecule has 0 fully saturated rings. The molecule has 0 aromatic heterocycles. The van der Waals surface area contributed by atoms with E-state index in [4.69, 9.17) is 2.79 Å². The summed E-state index contributed by atoms with van der Waals surface area (Å²) in [6, 6.07) is 0. The molecule has 0 radical (unpaired) electrons. The van der Waals surface area contributed by atoms with Crippen LogP contribution in [-0.2, 0) is 2.79 Å². The minimum atomic E-state index is -1.99. The van der Waals surface area contributed by atoms with E-state index >= 15 is 0 Å². The third kappa shape index (κ3) is 4.39. The molecule has 0 aliphatic rings. The van der Waals surface area contributed by atoms with Crippen LogP contribution >= 0.6 is 0 Å². The van der Waals surface area contributed by atoms with E-state index in [1.807, 2.05) is 0 Å². The summed E-state index contributed by atoms with van der Waals surface area (Å²) in [7, 11) is 0. The van der Waals surface area contributed by atoms with Crippen LogP contribution in [-0.4, -0.2) is 27.2 Å². The Kier molecular flexibility index (Phi) is 5.09. The van der Waals surface area contributed by atoms with Crippen molar-refractivity contribution in [3.8, 4) is 0 Å². The van der Waals surface area contributed by atoms with E-state index in [-0.39, 0.29) is 0 Å². The summed E-state index contributed by atoms with van der Waals surface area (Å²) in [4.78, 5) is 0. The summed E-state index contributed by atoms with van der Waals surface area (Å²) in [6.07, 6.45) is 0. The van der Waals surface area contributed by atoms with Gasteiger partial charge in [-0.1, -0.05) is 0 Å². The molecule has 0 aromatic carbocycles. The van der Waals surface area contributed by atoms with E-state index in [1.165, 1.54) is 0 Å². The fraction of sp³-hybridized carbons (Fsp3) is 1.00. The van der Waals surface area contributed by atoms with Crippen LogP contribution < -0.4 is 0 Å². The van der Waals surface area contributed by atoms with Crippen molar-refractivity contribution in [2.75, 3.05) is 0 Å². The van der Waals surface area contributed by atoms with Gasteiger partial charge in [0.1, 0.15) is 0 Å². The van der Waals surface area contributed by atoms with Gasteiger partial charge in [0.2, 0.25) is 0 Å². The van der Waals surface area contributed by atoms with Gasteiger partial charge in [0, 0.05) is 0 Å². The molecule has 13 heavy (non-hydrogen) atoms. The second kappa shape index (κ2) is 4.71. The van der Waals surface area contributed by atoms with Gasteiger partial charge < -0.3 is 0 Å². The molecule has 0 heterocycles. The number of hydrogen-bond donors (Lipinski definition) is 0. The molecule has 0 spiro atoms. The van der Waals surface area contributed by atoms with Crippen LogP contribution in [0.2, 0.25) is 32.5 Å². The maximum atomic E-state index is 6.52. The molecule has 0 aromatic rings. The van der Waals surface area contributed by atoms with Crippen molar-refractivity contribution in [2.45, 2.75) is 60.2 Å². The quantitative estimate of drug-likeness (QED) is 0.706. The van der Waals surface area contributed by atoms with E-state index in [9.17, 15) is 0 Å². The van der Waals surface area contributed by atoms with Crippen LogP contribution in [0.4, 0.5) is 0 Å². The minimum absolute atomic E-state index is 0.782. The van der Waals surface area contributed by atoms with E-state index in [1.54, 1.807) is 0 Å². The molecular formula is C10H26Ge2O. The van der Waals surface area contributed by atoms with Gasteiger partial charge in [-0.2, -0.15) is 0 Å². The summed E-state index contributed by atoms with van der Waals surface area (Å²) in [5.41, 5.74) is 0. The number of rotatable bonds is 4. The molecule has 0 unspecified atom stereocenters. The zero-order valence-corrected chi connectivity index (χ0v) is 14.8. The fourth-order valence-electron chi connectivity index (χ4n) is 1.56. The van der Waals surface area contributed by atoms with Crippen LogP contribution in [0.25, 0.3) is 0 Å². The summed E-state index contributed by atoms with van der Waals surface area (Å²) >= 11 is -3.80. The van der Waals surface area contributed by atoms with Gasteiger partial charge in [-0.15, -0.1) is 0 Å². The average Bonchev–Trinajstić information content (AvgIpc) is 1.82. The second-order valence-electron chi connectivity index (χ2n) is 5.71. The molecule has 0 N–H and O–H groups in total. The monoisotopic (exact) mass is 310 g/mol. The molecule has 0 rings (SSSR count). The molecule has 1 nitrogen and oxygen atoms in total. The summed E-state index contributed by atoms with van der Waals surface area (Å²) in [5.74, 6) is 9.52. The van der Waals surface area contributed by atoms with Crippen molar-refractivity contribution < 1.29 is 2.79 Å². The first-order chi connectivity index (χ1) is 5.59. The zero-order valence-electron chi connectivity index (χ0n) is 10.6. The van der Waals surface area contributed by atoms with Crippen LogP contribution in [0, 0.1) is 0 Å². The zero-order chi connectivity index (χ0) is 10.9. The van der Waals surface area contributed by atoms with Crippen LogP contribution in [0.1, 0.15) is 27.7 Å². The molecule has 0 amide bonds. The first kappa shape index (κ1) is 14.0. The molecule has 80 valence electrons. The second-order valence-corrected chi connectivity index (χ2v) is 27.0. The Labute approximate surface area is 90.0 Å². The van der Waals surface area contributed by atoms with E-state index in [0.29, 0.717) is 0 Å². The Morgan fingerprint density at radius 3 is 1.15 bits per heavy atom. The Bertz CT molecular complexity index is 151. The Morgan fingerprint density at radius 2 is 1.08 bits per heavy atom. The first-order valence-electron chi connectivity index (χ1n) is 5.29. The van der Waals surface area contributed by atoms with Crippen molar-refractivity contribution in [1.29, 1.82) is 0 Å². The van der Waals surface area contributed by atoms with Crippen molar-refractivity contribution >= 4 is 27.2 Å². The van der Waals surface area contributed by atoms with Gasteiger partial charge in [-0.3, -0.25) is 0 Å². The van der Waals surface area contributed by atoms with Crippen molar-refractivity contribution in [1.82, 2.24) is 0 Å². The van der Waals surface area contributed by atoms with Gasteiger partial charge >= 0.3 is 90.2 Å². The predicted molar refractivity (Wildman–Crippen MR) is 66.2 cm³/mol. The molecule has 0 aliphatic heterocycles. The molecule has 0 bridgehead atoms. The Morgan fingerprint density at radius 1 is 0.769 bits per heavy atom. The van der Waals surface area contributed by atoms with Crippen molar-refractivity contribution in [2.24, 2.45) is 0 Å². The fourth-order valence-corrected chi connectivity index (χ4v) is 27.6. The van der Waals surface area contributed by atoms with Gasteiger partial charge in [0.05, 0.1) is 0 Å². The third-order valence-corrected chi connectivity index (χ3v) is 26.1. The maximum absolute atomic E-state index is 6.52. The predicted octanol–water partition coefficient (Wildman–Crippen LogP) is 4.23. The van der Waals surface area contributed by atoms with Gasteiger partial charge in [0.15, 0.2) is 0 Å². The van der Waals surface area contributed by atoms with Crippen LogP contribution in [0.15, 0.2) is 0 Å². The molecule has 0 saturated heterocycles. The topological polar surface area (TPSA) is 9.23 Å². The molecule has 0 atom stereocenters. The van der Waals surface area contributed by atoms with E-state index in [0.717, 1.165) is 9.50 Å². The Hall–Kier alpha value is 1.05. The summed E-state index contributed by atoms with van der Waals surface area (Å²) in [5, 5.41) is 0. The molecular weight excluding hydrogens is 281 g/mol. The van der Waals surface area contributed by atoms with E-state index < -0.39 is 27.2 Å². The van der Waals surface area contributed by atoms with Crippen LogP contribution in [0.5, 0.6) is 0 Å². The standard InChI is InChI=1S/C10H26Ge2O/c1-9(2)12(8,10(3)4)13-11(5,6)7/h9-10H,1-8H3. The first-order valence-corrected chi connectivity index (χ1v) is 17.8. The molecule has 0 saturated carbocycles. The number of hydrogen-bond acceptors (Lipinski definition) is 1. The van der Waals surface area contributed by atoms with Gasteiger partial charge in [-0.25, -0.2) is 0 Å². The normalized spacial score (nSPS) is 14.3. The van der Waals surface area contributed by atoms with E-state index in [2.05, 4.69) is 50.7 Å². The van der Waals surface area contributed by atoms with Crippen LogP contribution in [0.3, 0.4) is 0 Å².